The van der Waals surface area contributed by atoms with Gasteiger partial charge < -0.3 is 14.5 Å². The molecule has 3 fully saturated rings. The van der Waals surface area contributed by atoms with Crippen LogP contribution >= 0.6 is 11.6 Å². The fourth-order valence-electron chi connectivity index (χ4n) is 6.94. The maximum absolute atomic E-state index is 14.2. The molecule has 3 aliphatic heterocycles. The summed E-state index contributed by atoms with van der Waals surface area (Å²) in [6.07, 6.45) is 2.06. The molecule has 242 valence electrons. The highest BCUT2D eigenvalue weighted by molar-refractivity contribution is 7.84. The predicted octanol–water partition coefficient (Wildman–Crippen LogP) is 5.94. The van der Waals surface area contributed by atoms with Crippen molar-refractivity contribution in [3.8, 4) is 0 Å². The second kappa shape index (κ2) is 14.2. The number of benzene rings is 2. The summed E-state index contributed by atoms with van der Waals surface area (Å²) in [5, 5.41) is 0.724. The summed E-state index contributed by atoms with van der Waals surface area (Å²) in [6.45, 7) is 18.7. The van der Waals surface area contributed by atoms with Gasteiger partial charge in [-0.3, -0.25) is 9.69 Å². The molecule has 7 nitrogen and oxygen atoms in total. The summed E-state index contributed by atoms with van der Waals surface area (Å²) < 4.78 is 21.9. The molecule has 0 aromatic heterocycles. The maximum Gasteiger partial charge on any atom is 0.227 e. The zero-order chi connectivity index (χ0) is 31.6. The van der Waals surface area contributed by atoms with E-state index in [1.165, 1.54) is 22.4 Å². The van der Waals surface area contributed by atoms with Crippen LogP contribution in [0, 0.1) is 18.8 Å². The van der Waals surface area contributed by atoms with Crippen molar-refractivity contribution in [2.75, 3.05) is 57.4 Å². The number of nitrogens with zero attached hydrogens (tertiary/aromatic N) is 3. The van der Waals surface area contributed by atoms with Crippen molar-refractivity contribution in [3.05, 3.63) is 64.2 Å². The molecule has 0 spiro atoms. The monoisotopic (exact) mass is 642 g/mol. The van der Waals surface area contributed by atoms with E-state index in [-0.39, 0.29) is 34.4 Å². The van der Waals surface area contributed by atoms with Gasteiger partial charge >= 0.3 is 0 Å². The highest BCUT2D eigenvalue weighted by Gasteiger charge is 2.43. The van der Waals surface area contributed by atoms with E-state index in [2.05, 4.69) is 70.5 Å². The third-order valence-corrected chi connectivity index (χ3v) is 11.4. The first-order valence-corrected chi connectivity index (χ1v) is 17.8. The average molecular weight is 643 g/mol. The number of nitrogens with one attached hydrogen (secondary N) is 1. The molecule has 9 heteroatoms. The predicted molar refractivity (Wildman–Crippen MR) is 182 cm³/mol. The van der Waals surface area contributed by atoms with Gasteiger partial charge in [0.1, 0.15) is 0 Å². The van der Waals surface area contributed by atoms with Crippen molar-refractivity contribution >= 4 is 34.2 Å². The van der Waals surface area contributed by atoms with Crippen LogP contribution in [0.4, 0.5) is 5.69 Å². The van der Waals surface area contributed by atoms with Gasteiger partial charge in [0.05, 0.1) is 21.7 Å². The first-order chi connectivity index (χ1) is 20.9. The van der Waals surface area contributed by atoms with Crippen molar-refractivity contribution in [1.82, 2.24) is 14.5 Å². The lowest BCUT2D eigenvalue weighted by Crippen LogP contribution is -2.51. The number of aryl methyl sites for hydroxylation is 1. The van der Waals surface area contributed by atoms with E-state index >= 15 is 0 Å². The summed E-state index contributed by atoms with van der Waals surface area (Å²) in [5.41, 5.74) is 4.74. The molecule has 44 heavy (non-hydrogen) atoms. The fraction of sp³-hybridized carbons (Fsp3) is 0.629. The van der Waals surface area contributed by atoms with Crippen molar-refractivity contribution in [3.63, 3.8) is 0 Å². The Balaban J connectivity index is 1.31. The Morgan fingerprint density at radius 3 is 2.27 bits per heavy atom. The normalized spacial score (nSPS) is 23.7. The molecule has 1 N–H and O–H groups in total. The lowest BCUT2D eigenvalue weighted by molar-refractivity contribution is -0.136. The fourth-order valence-corrected chi connectivity index (χ4v) is 8.05. The summed E-state index contributed by atoms with van der Waals surface area (Å²) in [4.78, 5) is 21.3. The van der Waals surface area contributed by atoms with Crippen LogP contribution in [0.25, 0.3) is 0 Å². The molecular formula is C35H51ClN4O3S. The van der Waals surface area contributed by atoms with Gasteiger partial charge in [-0.15, -0.1) is 0 Å². The summed E-state index contributed by atoms with van der Waals surface area (Å²) in [5.74, 6) is 0.620. The minimum absolute atomic E-state index is 0.0422. The van der Waals surface area contributed by atoms with Gasteiger partial charge in [-0.25, -0.2) is 8.93 Å². The zero-order valence-corrected chi connectivity index (χ0v) is 28.9. The van der Waals surface area contributed by atoms with Gasteiger partial charge in [0.15, 0.2) is 0 Å². The minimum Gasteiger partial charge on any atom is -0.381 e. The van der Waals surface area contributed by atoms with E-state index in [4.69, 9.17) is 16.3 Å². The molecule has 0 unspecified atom stereocenters. The minimum atomic E-state index is -1.19. The first kappa shape index (κ1) is 33.4. The summed E-state index contributed by atoms with van der Waals surface area (Å²) in [7, 11) is -1.19. The molecule has 0 saturated carbocycles. The van der Waals surface area contributed by atoms with Crippen LogP contribution in [0.15, 0.2) is 42.5 Å². The Bertz CT molecular complexity index is 1300. The van der Waals surface area contributed by atoms with E-state index in [1.54, 1.807) is 0 Å². The van der Waals surface area contributed by atoms with Crippen LogP contribution in [-0.2, 0) is 20.5 Å². The van der Waals surface area contributed by atoms with Crippen LogP contribution in [-0.4, -0.2) is 83.2 Å². The molecule has 4 atom stereocenters. The van der Waals surface area contributed by atoms with Crippen molar-refractivity contribution in [1.29, 1.82) is 0 Å². The number of hydrogen-bond donors (Lipinski definition) is 1. The molecular weight excluding hydrogens is 592 g/mol. The number of rotatable bonds is 8. The Morgan fingerprint density at radius 1 is 1.00 bits per heavy atom. The van der Waals surface area contributed by atoms with Gasteiger partial charge in [0, 0.05) is 81.2 Å². The van der Waals surface area contributed by atoms with Crippen molar-refractivity contribution in [2.24, 2.45) is 11.8 Å². The number of ether oxygens (including phenoxy) is 1. The number of carbonyl (C=O) groups excluding carboxylic acids is 1. The molecule has 3 heterocycles. The molecule has 2 aromatic rings. The summed E-state index contributed by atoms with van der Waals surface area (Å²) in [6, 6.07) is 15.1. The number of halogens is 1. The van der Waals surface area contributed by atoms with Gasteiger partial charge in [-0.1, -0.05) is 55.3 Å². The molecule has 0 radical (unpaired) electrons. The second-order valence-corrected chi connectivity index (χ2v) is 16.6. The van der Waals surface area contributed by atoms with Crippen molar-refractivity contribution < 1.29 is 13.7 Å². The van der Waals surface area contributed by atoms with E-state index in [1.807, 2.05) is 32.9 Å². The van der Waals surface area contributed by atoms with E-state index in [9.17, 15) is 9.00 Å². The summed E-state index contributed by atoms with van der Waals surface area (Å²) >= 11 is 6.23. The van der Waals surface area contributed by atoms with Gasteiger partial charge in [-0.05, 0) is 75.8 Å². The first-order valence-electron chi connectivity index (χ1n) is 16.3. The number of carbonyl (C=O) groups is 1. The Hall–Kier alpha value is -1.97. The molecule has 2 aromatic carbocycles. The van der Waals surface area contributed by atoms with Gasteiger partial charge in [0.25, 0.3) is 0 Å². The zero-order valence-electron chi connectivity index (χ0n) is 27.4. The molecule has 5 rings (SSSR count). The third-order valence-electron chi connectivity index (χ3n) is 9.58. The topological polar surface area (TPSA) is 65.1 Å². The lowest BCUT2D eigenvalue weighted by Gasteiger charge is -2.40. The second-order valence-electron chi connectivity index (χ2n) is 14.2. The Labute approximate surface area is 272 Å². The number of amides is 1. The van der Waals surface area contributed by atoms with Crippen LogP contribution in [0.2, 0.25) is 5.02 Å². The Morgan fingerprint density at radius 2 is 1.66 bits per heavy atom. The van der Waals surface area contributed by atoms with Gasteiger partial charge in [0.2, 0.25) is 5.91 Å². The largest absolute Gasteiger partial charge is 0.381 e. The third kappa shape index (κ3) is 7.69. The van der Waals surface area contributed by atoms with Crippen LogP contribution < -0.4 is 9.62 Å². The highest BCUT2D eigenvalue weighted by Crippen LogP contribution is 2.38. The number of hydrogen-bond acceptors (Lipinski definition) is 5. The molecule has 1 amide bonds. The highest BCUT2D eigenvalue weighted by atomic mass is 35.5. The number of piperazine rings is 1. The maximum atomic E-state index is 14.2. The standard InChI is InChI=1S/C35H51ClN4O3S/c1-24(2)33(37-44(42)35(4,5)6)29-21-25(3)7-12-32(29)38-15-17-39(18-16-38)34(41)31-23-40(28-13-19-43-20-14-28)22-30(31)26-8-10-27(36)11-9-26/h7-12,21,24,28,30-31,33,37H,13-20,22-23H2,1-6H3/t30-,31+,33+,44+/m1/s1. The quantitative estimate of drug-likeness (QED) is 0.386. The van der Waals surface area contributed by atoms with Crippen molar-refractivity contribution in [2.45, 2.75) is 77.1 Å². The molecule has 3 aliphatic rings. The van der Waals surface area contributed by atoms with Crippen LogP contribution in [0.1, 0.15) is 76.1 Å². The molecule has 0 bridgehead atoms. The Kier molecular flexibility index (Phi) is 10.8. The van der Waals surface area contributed by atoms with Crippen LogP contribution in [0.3, 0.4) is 0 Å². The van der Waals surface area contributed by atoms with E-state index < -0.39 is 11.0 Å². The smallest absolute Gasteiger partial charge is 0.227 e. The molecule has 3 saturated heterocycles. The molecule has 0 aliphatic carbocycles. The van der Waals surface area contributed by atoms with E-state index in [0.717, 1.165) is 57.3 Å². The number of likely N-dealkylation sites (tertiary alicyclic amines) is 1. The SMILES string of the molecule is Cc1ccc(N2CCN(C(=O)[C@H]3CN(C4CCOCC4)C[C@@H]3c3ccc(Cl)cc3)CC2)c([C@@H](N[S@@](=O)C(C)(C)C)C(C)C)c1. The van der Waals surface area contributed by atoms with E-state index in [0.29, 0.717) is 19.1 Å². The van der Waals surface area contributed by atoms with Crippen LogP contribution in [0.5, 0.6) is 0 Å². The lowest BCUT2D eigenvalue weighted by atomic mass is 9.88. The van der Waals surface area contributed by atoms with Gasteiger partial charge in [-0.2, -0.15) is 0 Å². The number of anilines is 1. The average Bonchev–Trinajstić information content (AvgIpc) is 3.45.